The summed E-state index contributed by atoms with van der Waals surface area (Å²) in [6.07, 6.45) is 8.25. The molecule has 2 fully saturated rings. The van der Waals surface area contributed by atoms with Gasteiger partial charge in [0.25, 0.3) is 0 Å². The maximum atomic E-state index is 14.0. The Morgan fingerprint density at radius 2 is 2.11 bits per heavy atom. The number of nitrogens with zero attached hydrogens (tertiary/aromatic N) is 5. The molecule has 5 nitrogen and oxygen atoms in total. The van der Waals surface area contributed by atoms with Gasteiger partial charge < -0.3 is 0 Å². The number of halogens is 1. The Morgan fingerprint density at radius 1 is 1.15 bits per heavy atom. The molecule has 0 N–H and O–H groups in total. The highest BCUT2D eigenvalue weighted by atomic mass is 19.1. The van der Waals surface area contributed by atoms with Crippen LogP contribution in [0.5, 0.6) is 0 Å². The molecule has 2 aromatic rings. The number of fused-ring (bicyclic) bond motifs is 3. The third kappa shape index (κ3) is 3.65. The van der Waals surface area contributed by atoms with Gasteiger partial charge in [0.1, 0.15) is 5.82 Å². The zero-order valence-electron chi connectivity index (χ0n) is 15.9. The molecule has 0 spiro atoms. The minimum atomic E-state index is -0.212. The topological polar surface area (TPSA) is 37.2 Å². The van der Waals surface area contributed by atoms with Crippen LogP contribution in [0.3, 0.4) is 0 Å². The molecule has 0 radical (unpaired) electrons. The van der Waals surface area contributed by atoms with E-state index in [-0.39, 0.29) is 5.82 Å². The molecule has 4 heterocycles. The van der Waals surface area contributed by atoms with Gasteiger partial charge in [-0.15, -0.1) is 0 Å². The fourth-order valence-electron chi connectivity index (χ4n) is 5.19. The van der Waals surface area contributed by atoms with Gasteiger partial charge in [-0.3, -0.25) is 19.5 Å². The number of hydrogen-bond donors (Lipinski definition) is 0. The summed E-state index contributed by atoms with van der Waals surface area (Å²) in [6, 6.07) is 6.19. The fraction of sp³-hybridized carbons (Fsp3) is 0.619. The van der Waals surface area contributed by atoms with Crippen LogP contribution in [0.1, 0.15) is 49.2 Å². The second-order valence-corrected chi connectivity index (χ2v) is 8.46. The molecule has 0 unspecified atom stereocenters. The minimum absolute atomic E-state index is 0.212. The zero-order chi connectivity index (χ0) is 18.2. The lowest BCUT2D eigenvalue weighted by molar-refractivity contribution is 0.233. The Hall–Kier alpha value is -1.79. The van der Waals surface area contributed by atoms with Crippen molar-refractivity contribution >= 4 is 0 Å². The maximum absolute atomic E-state index is 14.0. The third-order valence-electron chi connectivity index (χ3n) is 6.48. The summed E-state index contributed by atoms with van der Waals surface area (Å²) in [5, 5.41) is 4.91. The van der Waals surface area contributed by atoms with Gasteiger partial charge in [0.05, 0.1) is 17.1 Å². The Kier molecular flexibility index (Phi) is 4.70. The number of hydrogen-bond acceptors (Lipinski definition) is 4. The molecule has 1 aliphatic carbocycles. The van der Waals surface area contributed by atoms with Gasteiger partial charge in [0.15, 0.2) is 0 Å². The van der Waals surface area contributed by atoms with Crippen molar-refractivity contribution in [2.75, 3.05) is 13.1 Å². The highest BCUT2D eigenvalue weighted by molar-refractivity contribution is 5.13. The Morgan fingerprint density at radius 3 is 3.00 bits per heavy atom. The molecule has 0 amide bonds. The summed E-state index contributed by atoms with van der Waals surface area (Å²) < 4.78 is 16.1. The molecule has 5 rings (SSSR count). The van der Waals surface area contributed by atoms with E-state index < -0.39 is 0 Å². The van der Waals surface area contributed by atoms with Crippen LogP contribution in [0.15, 0.2) is 24.4 Å². The zero-order valence-corrected chi connectivity index (χ0v) is 15.9. The summed E-state index contributed by atoms with van der Waals surface area (Å²) in [4.78, 5) is 9.16. The highest BCUT2D eigenvalue weighted by Gasteiger charge is 2.35. The lowest BCUT2D eigenvalue weighted by atomic mass is 9.90. The van der Waals surface area contributed by atoms with Crippen molar-refractivity contribution in [3.63, 3.8) is 0 Å². The van der Waals surface area contributed by atoms with Crippen molar-refractivity contribution < 1.29 is 4.39 Å². The van der Waals surface area contributed by atoms with Gasteiger partial charge in [-0.05, 0) is 49.8 Å². The van der Waals surface area contributed by atoms with E-state index in [1.54, 1.807) is 12.3 Å². The van der Waals surface area contributed by atoms with Crippen LogP contribution in [0.25, 0.3) is 0 Å². The predicted octanol–water partition coefficient (Wildman–Crippen LogP) is 3.20. The van der Waals surface area contributed by atoms with E-state index in [0.29, 0.717) is 12.2 Å². The number of pyridine rings is 1. The normalized spacial score (nSPS) is 26.1. The first-order valence-corrected chi connectivity index (χ1v) is 10.4. The van der Waals surface area contributed by atoms with Gasteiger partial charge in [0.2, 0.25) is 0 Å². The van der Waals surface area contributed by atoms with E-state index in [2.05, 4.69) is 25.5 Å². The highest BCUT2D eigenvalue weighted by Crippen LogP contribution is 2.36. The van der Waals surface area contributed by atoms with Crippen molar-refractivity contribution in [1.82, 2.24) is 24.6 Å². The molecule has 27 heavy (non-hydrogen) atoms. The fourth-order valence-corrected chi connectivity index (χ4v) is 5.19. The van der Waals surface area contributed by atoms with E-state index in [1.807, 2.05) is 0 Å². The Bertz CT molecular complexity index is 804. The van der Waals surface area contributed by atoms with Crippen molar-refractivity contribution in [2.24, 2.45) is 5.92 Å². The SMILES string of the molecule is Fc1cccnc1CN1CCCn2nc(CN3C[C@H]4CCC[C@@H]3C4)cc2C1. The number of rotatable bonds is 4. The minimum Gasteiger partial charge on any atom is -0.294 e. The van der Waals surface area contributed by atoms with Crippen molar-refractivity contribution in [3.8, 4) is 0 Å². The number of aromatic nitrogens is 3. The van der Waals surface area contributed by atoms with E-state index in [0.717, 1.165) is 44.6 Å². The monoisotopic (exact) mass is 369 g/mol. The van der Waals surface area contributed by atoms with Gasteiger partial charge in [0, 0.05) is 51.5 Å². The molecule has 3 aliphatic rings. The van der Waals surface area contributed by atoms with Crippen molar-refractivity contribution in [2.45, 2.75) is 64.3 Å². The molecule has 1 saturated carbocycles. The molecule has 1 saturated heterocycles. The summed E-state index contributed by atoms with van der Waals surface area (Å²) in [5.41, 5.74) is 2.99. The van der Waals surface area contributed by atoms with Crippen molar-refractivity contribution in [1.29, 1.82) is 0 Å². The average molecular weight is 369 g/mol. The van der Waals surface area contributed by atoms with Crippen molar-refractivity contribution in [3.05, 3.63) is 47.3 Å². The van der Waals surface area contributed by atoms with Gasteiger partial charge in [-0.25, -0.2) is 4.39 Å². The summed E-state index contributed by atoms with van der Waals surface area (Å²) in [7, 11) is 0. The molecule has 2 atom stereocenters. The van der Waals surface area contributed by atoms with Crippen LogP contribution in [-0.4, -0.2) is 43.7 Å². The first-order valence-electron chi connectivity index (χ1n) is 10.4. The second-order valence-electron chi connectivity index (χ2n) is 8.46. The first-order chi connectivity index (χ1) is 13.2. The summed E-state index contributed by atoms with van der Waals surface area (Å²) in [5.74, 6) is 0.698. The molecule has 2 bridgehead atoms. The molecule has 2 aliphatic heterocycles. The molecular formula is C21H28FN5. The molecule has 0 aromatic carbocycles. The quantitative estimate of drug-likeness (QED) is 0.829. The summed E-state index contributed by atoms with van der Waals surface area (Å²) >= 11 is 0. The van der Waals surface area contributed by atoms with Gasteiger partial charge >= 0.3 is 0 Å². The van der Waals surface area contributed by atoms with E-state index >= 15 is 0 Å². The summed E-state index contributed by atoms with van der Waals surface area (Å²) in [6.45, 7) is 5.50. The van der Waals surface area contributed by atoms with Crippen LogP contribution in [0.2, 0.25) is 0 Å². The Balaban J connectivity index is 1.28. The standard InChI is InChI=1S/C21H28FN5/c22-20-6-2-7-23-21(20)15-25-8-3-9-27-19(14-25)11-17(24-27)13-26-12-16-4-1-5-18(26)10-16/h2,6-7,11,16,18H,1,3-5,8-10,12-15H2/t16-,18+/m0/s1. The largest absolute Gasteiger partial charge is 0.294 e. The van der Waals surface area contributed by atoms with Crippen LogP contribution >= 0.6 is 0 Å². The third-order valence-corrected chi connectivity index (χ3v) is 6.48. The number of aryl methyl sites for hydroxylation is 1. The second kappa shape index (κ2) is 7.32. The number of likely N-dealkylation sites (tertiary alicyclic amines) is 1. The molecule has 6 heteroatoms. The first kappa shape index (κ1) is 17.3. The van der Waals surface area contributed by atoms with E-state index in [9.17, 15) is 4.39 Å². The smallest absolute Gasteiger partial charge is 0.146 e. The van der Waals surface area contributed by atoms with Crippen LogP contribution in [-0.2, 0) is 26.2 Å². The molecule has 2 aromatic heterocycles. The molecule has 144 valence electrons. The lowest BCUT2D eigenvalue weighted by Crippen LogP contribution is -2.28. The van der Waals surface area contributed by atoms with Crippen LogP contribution in [0, 0.1) is 11.7 Å². The van der Waals surface area contributed by atoms with E-state index in [4.69, 9.17) is 5.10 Å². The van der Waals surface area contributed by atoms with Crippen LogP contribution < -0.4 is 0 Å². The van der Waals surface area contributed by atoms with E-state index in [1.165, 1.54) is 49.7 Å². The predicted molar refractivity (Wildman–Crippen MR) is 101 cm³/mol. The average Bonchev–Trinajstić information content (AvgIpc) is 3.09. The van der Waals surface area contributed by atoms with Gasteiger partial charge in [-0.1, -0.05) is 6.42 Å². The Labute approximate surface area is 160 Å². The maximum Gasteiger partial charge on any atom is 0.146 e. The van der Waals surface area contributed by atoms with Crippen LogP contribution in [0.4, 0.5) is 4.39 Å². The lowest BCUT2D eigenvalue weighted by Gasteiger charge is -2.23. The van der Waals surface area contributed by atoms with Gasteiger partial charge in [-0.2, -0.15) is 5.10 Å². The molecular weight excluding hydrogens is 341 g/mol.